The molecule has 0 bridgehead atoms. The third kappa shape index (κ3) is 11.4. The first-order chi connectivity index (χ1) is 34.3. The molecule has 0 aromatic heterocycles. The van der Waals surface area contributed by atoms with E-state index in [0.717, 1.165) is 58.9 Å². The Kier molecular flexibility index (Phi) is 17.3. The van der Waals surface area contributed by atoms with E-state index in [-0.39, 0.29) is 69.4 Å². The SMILES string of the molecule is C=CCOC12Oc3ccc(OCCSc4ccccc4)cc3C3C(CCCCO)C(CCCCO)C=C(C(=NOCc4ccc([N+](=O)[O-])cc4)CC1N(Cc1cccc4ccccc14)C(=O)OCC)C32. The van der Waals surface area contributed by atoms with Crippen molar-refractivity contribution in [3.63, 3.8) is 0 Å². The third-order valence-corrected chi connectivity index (χ3v) is 14.6. The van der Waals surface area contributed by atoms with E-state index >= 15 is 0 Å². The zero-order valence-corrected chi connectivity index (χ0v) is 40.6. The number of carbonyl (C=O) groups excluding carboxylic acids is 1. The second-order valence-corrected chi connectivity index (χ2v) is 19.1. The summed E-state index contributed by atoms with van der Waals surface area (Å²) in [5.41, 5.74) is 4.03. The minimum atomic E-state index is -1.51. The monoisotopic (exact) mass is 969 g/mol. The number of benzene rings is 5. The number of hydrogen-bond donors (Lipinski definition) is 2. The molecule has 8 rings (SSSR count). The molecule has 1 amide bonds. The fraction of sp³-hybridized carbons (Fsp3) is 0.393. The number of amides is 1. The van der Waals surface area contributed by atoms with Gasteiger partial charge in [0.1, 0.15) is 24.1 Å². The Morgan fingerprint density at radius 3 is 2.47 bits per heavy atom. The Bertz CT molecular complexity index is 2620. The molecule has 368 valence electrons. The zero-order valence-electron chi connectivity index (χ0n) is 39.7. The van der Waals surface area contributed by atoms with Gasteiger partial charge in [0.2, 0.25) is 5.79 Å². The predicted molar refractivity (Wildman–Crippen MR) is 272 cm³/mol. The van der Waals surface area contributed by atoms with E-state index in [2.05, 4.69) is 49.1 Å². The number of aliphatic hydroxyl groups excluding tert-OH is 2. The Hall–Kier alpha value is -6.19. The Balaban J connectivity index is 1.29. The average Bonchev–Trinajstić information content (AvgIpc) is 3.38. The second-order valence-electron chi connectivity index (χ2n) is 17.9. The van der Waals surface area contributed by atoms with E-state index in [1.807, 2.05) is 54.6 Å². The molecule has 5 aromatic carbocycles. The van der Waals surface area contributed by atoms with Gasteiger partial charge in [-0.05, 0) is 114 Å². The van der Waals surface area contributed by atoms with Crippen LogP contribution in [-0.4, -0.2) is 82.5 Å². The number of aliphatic hydroxyl groups is 2. The smallest absolute Gasteiger partial charge is 0.410 e. The minimum Gasteiger partial charge on any atom is -0.493 e. The van der Waals surface area contributed by atoms with E-state index in [9.17, 15) is 25.1 Å². The van der Waals surface area contributed by atoms with Crippen LogP contribution < -0.4 is 9.47 Å². The first kappa shape index (κ1) is 50.2. The molecule has 2 aliphatic carbocycles. The maximum atomic E-state index is 14.8. The lowest BCUT2D eigenvalue weighted by Crippen LogP contribution is -2.70. The van der Waals surface area contributed by atoms with Crippen LogP contribution in [0, 0.1) is 27.9 Å². The van der Waals surface area contributed by atoms with Gasteiger partial charge in [0.25, 0.3) is 5.69 Å². The predicted octanol–water partition coefficient (Wildman–Crippen LogP) is 11.4. The highest BCUT2D eigenvalue weighted by Gasteiger charge is 2.65. The molecule has 0 saturated heterocycles. The zero-order chi connectivity index (χ0) is 48.9. The summed E-state index contributed by atoms with van der Waals surface area (Å²) in [7, 11) is 0. The molecular formula is C56H63N3O10S. The third-order valence-electron chi connectivity index (χ3n) is 13.7. The molecule has 6 unspecified atom stereocenters. The van der Waals surface area contributed by atoms with Crippen molar-refractivity contribution < 1.29 is 43.7 Å². The van der Waals surface area contributed by atoms with Crippen molar-refractivity contribution in [1.29, 1.82) is 0 Å². The highest BCUT2D eigenvalue weighted by atomic mass is 32.2. The minimum absolute atomic E-state index is 0.00683. The number of ether oxygens (including phenoxy) is 4. The van der Waals surface area contributed by atoms with E-state index in [1.165, 1.54) is 17.0 Å². The number of nitro groups is 1. The van der Waals surface area contributed by atoms with Gasteiger partial charge in [-0.1, -0.05) is 90.8 Å². The van der Waals surface area contributed by atoms with E-state index < -0.39 is 28.8 Å². The molecule has 0 radical (unpaired) electrons. The molecule has 1 fully saturated rings. The molecule has 14 heteroatoms. The van der Waals surface area contributed by atoms with Crippen molar-refractivity contribution in [2.75, 3.05) is 38.8 Å². The Morgan fingerprint density at radius 1 is 0.957 bits per heavy atom. The van der Waals surface area contributed by atoms with Gasteiger partial charge in [0.15, 0.2) is 0 Å². The van der Waals surface area contributed by atoms with Crippen LogP contribution in [0.25, 0.3) is 10.8 Å². The number of rotatable bonds is 24. The van der Waals surface area contributed by atoms with Gasteiger partial charge < -0.3 is 34.0 Å². The standard InChI is InChI=1S/C56H63N3O10S/c1-3-31-67-56-52(58(55(62)65-4-2)37-42-18-14-17-40-15-8-9-21-46(40)42)36-50(57-68-38-39-23-25-43(26-24-39)59(63)64)48-34-41(16-10-12-29-60)47(22-11-13-30-61)53(54(48)56)49-35-44(27-28-51(49)69-56)66-32-33-70-45-19-6-5-7-20-45/h3,5-9,14-15,17-21,23-28,34-35,41,47,52-54,60-61H,1,4,10-13,16,22,29-33,36-38H2,2H3. The summed E-state index contributed by atoms with van der Waals surface area (Å²) < 4.78 is 27.1. The molecule has 1 saturated carbocycles. The highest BCUT2D eigenvalue weighted by molar-refractivity contribution is 7.99. The number of hydrogen-bond acceptors (Lipinski definition) is 12. The van der Waals surface area contributed by atoms with Crippen LogP contribution in [0.2, 0.25) is 0 Å². The Labute approximate surface area is 414 Å². The summed E-state index contributed by atoms with van der Waals surface area (Å²) in [6.07, 6.45) is 8.01. The van der Waals surface area contributed by atoms with Crippen molar-refractivity contribution in [2.24, 2.45) is 22.9 Å². The summed E-state index contributed by atoms with van der Waals surface area (Å²) in [4.78, 5) is 35.0. The summed E-state index contributed by atoms with van der Waals surface area (Å²) >= 11 is 1.73. The first-order valence-electron chi connectivity index (χ1n) is 24.4. The molecule has 3 aliphatic rings. The van der Waals surface area contributed by atoms with Crippen LogP contribution in [-0.2, 0) is 27.5 Å². The number of non-ortho nitro benzene ring substituents is 1. The van der Waals surface area contributed by atoms with Crippen LogP contribution in [0.3, 0.4) is 0 Å². The molecular weight excluding hydrogens is 907 g/mol. The lowest BCUT2D eigenvalue weighted by Gasteiger charge is -2.59. The number of fused-ring (bicyclic) bond motifs is 3. The lowest BCUT2D eigenvalue weighted by molar-refractivity contribution is -0.384. The number of oxime groups is 1. The molecule has 2 N–H and O–H groups in total. The maximum Gasteiger partial charge on any atom is 0.410 e. The van der Waals surface area contributed by atoms with Gasteiger partial charge in [0, 0.05) is 53.9 Å². The quantitative estimate of drug-likeness (QED) is 0.0199. The van der Waals surface area contributed by atoms with Gasteiger partial charge in [-0.3, -0.25) is 15.0 Å². The van der Waals surface area contributed by atoms with Gasteiger partial charge in [-0.2, -0.15) is 0 Å². The van der Waals surface area contributed by atoms with Gasteiger partial charge in [-0.15, -0.1) is 18.3 Å². The maximum absolute atomic E-state index is 14.8. The number of nitro benzene ring substituents is 1. The molecule has 70 heavy (non-hydrogen) atoms. The van der Waals surface area contributed by atoms with Gasteiger partial charge in [0.05, 0.1) is 42.9 Å². The summed E-state index contributed by atoms with van der Waals surface area (Å²) in [6, 6.07) is 35.7. The van der Waals surface area contributed by atoms with Crippen molar-refractivity contribution in [3.05, 3.63) is 166 Å². The molecule has 5 aromatic rings. The van der Waals surface area contributed by atoms with Crippen molar-refractivity contribution in [2.45, 2.75) is 87.7 Å². The number of allylic oxidation sites excluding steroid dienone is 1. The number of nitrogens with zero attached hydrogens (tertiary/aromatic N) is 3. The lowest BCUT2D eigenvalue weighted by atomic mass is 9.55. The van der Waals surface area contributed by atoms with Crippen LogP contribution in [0.15, 0.2) is 150 Å². The number of carbonyl (C=O) groups is 1. The molecule has 1 aliphatic heterocycles. The van der Waals surface area contributed by atoms with E-state index in [0.29, 0.717) is 42.2 Å². The van der Waals surface area contributed by atoms with Crippen molar-refractivity contribution in [1.82, 2.24) is 4.90 Å². The summed E-state index contributed by atoms with van der Waals surface area (Å²) in [6.45, 7) is 6.91. The molecule has 0 spiro atoms. The van der Waals surface area contributed by atoms with Gasteiger partial charge in [-0.25, -0.2) is 4.79 Å². The average molecular weight is 970 g/mol. The van der Waals surface area contributed by atoms with Crippen molar-refractivity contribution >= 4 is 40.0 Å². The topological polar surface area (TPSA) is 162 Å². The fourth-order valence-corrected chi connectivity index (χ4v) is 11.3. The van der Waals surface area contributed by atoms with Crippen molar-refractivity contribution in [3.8, 4) is 11.5 Å². The number of unbranched alkanes of at least 4 members (excludes halogenated alkanes) is 2. The first-order valence-corrected chi connectivity index (χ1v) is 25.4. The molecule has 6 atom stereocenters. The van der Waals surface area contributed by atoms with E-state index in [1.54, 1.807) is 41.8 Å². The number of thioether (sulfide) groups is 1. The molecule has 1 heterocycles. The molecule has 13 nitrogen and oxygen atoms in total. The fourth-order valence-electron chi connectivity index (χ4n) is 10.6. The van der Waals surface area contributed by atoms with Crippen LogP contribution in [0.5, 0.6) is 11.5 Å². The second kappa shape index (κ2) is 24.1. The summed E-state index contributed by atoms with van der Waals surface area (Å²) in [5.74, 6) is -0.237. The van der Waals surface area contributed by atoms with Crippen LogP contribution in [0.4, 0.5) is 10.5 Å². The normalized spacial score (nSPS) is 21.7. The van der Waals surface area contributed by atoms with Gasteiger partial charge >= 0.3 is 6.09 Å². The largest absolute Gasteiger partial charge is 0.493 e. The Morgan fingerprint density at radius 2 is 1.71 bits per heavy atom. The van der Waals surface area contributed by atoms with E-state index in [4.69, 9.17) is 28.9 Å². The highest BCUT2D eigenvalue weighted by Crippen LogP contribution is 2.62. The van der Waals surface area contributed by atoms with Crippen LogP contribution in [0.1, 0.15) is 74.5 Å². The van der Waals surface area contributed by atoms with Crippen LogP contribution >= 0.6 is 11.8 Å². The summed E-state index contributed by atoms with van der Waals surface area (Å²) in [5, 5.41) is 38.5.